The Labute approximate surface area is 176 Å². The molecule has 0 aliphatic carbocycles. The first-order chi connectivity index (χ1) is 13.1. The minimum absolute atomic E-state index is 0.396. The van der Waals surface area contributed by atoms with Gasteiger partial charge >= 0.3 is 0 Å². The third kappa shape index (κ3) is 5.14. The molecule has 0 saturated carbocycles. The van der Waals surface area contributed by atoms with Crippen molar-refractivity contribution in [2.75, 3.05) is 0 Å². The van der Waals surface area contributed by atoms with Crippen LogP contribution in [0.5, 0.6) is 5.75 Å². The fourth-order valence-electron chi connectivity index (χ4n) is 2.51. The normalized spacial score (nSPS) is 11.1. The van der Waals surface area contributed by atoms with Gasteiger partial charge in [-0.1, -0.05) is 69.5 Å². The minimum atomic E-state index is 0.396. The molecule has 3 rings (SSSR count). The molecular formula is C22H14BrCl2NO. The zero-order chi connectivity index (χ0) is 19.2. The highest BCUT2D eigenvalue weighted by atomic mass is 79.9. The molecule has 0 radical (unpaired) electrons. The number of ether oxygens (including phenoxy) is 1. The average molecular weight is 459 g/mol. The molecule has 0 aliphatic heterocycles. The van der Waals surface area contributed by atoms with E-state index in [0.29, 0.717) is 33.5 Å². The van der Waals surface area contributed by atoms with Crippen LogP contribution in [0.15, 0.2) is 71.2 Å². The van der Waals surface area contributed by atoms with Crippen LogP contribution in [0.3, 0.4) is 0 Å². The highest BCUT2D eigenvalue weighted by molar-refractivity contribution is 9.10. The van der Waals surface area contributed by atoms with Gasteiger partial charge < -0.3 is 4.74 Å². The Hall–Kier alpha value is -2.25. The maximum atomic E-state index is 9.62. The number of nitriles is 1. The zero-order valence-electron chi connectivity index (χ0n) is 14.1. The van der Waals surface area contributed by atoms with E-state index in [2.05, 4.69) is 22.0 Å². The topological polar surface area (TPSA) is 33.0 Å². The minimum Gasteiger partial charge on any atom is -0.488 e. The van der Waals surface area contributed by atoms with Gasteiger partial charge in [-0.2, -0.15) is 5.26 Å². The molecule has 5 heteroatoms. The van der Waals surface area contributed by atoms with Crippen LogP contribution in [0.25, 0.3) is 11.6 Å². The van der Waals surface area contributed by atoms with E-state index in [-0.39, 0.29) is 0 Å². The van der Waals surface area contributed by atoms with E-state index >= 15 is 0 Å². The largest absolute Gasteiger partial charge is 0.488 e. The van der Waals surface area contributed by atoms with Gasteiger partial charge in [-0.15, -0.1) is 0 Å². The Morgan fingerprint density at radius 3 is 2.48 bits per heavy atom. The summed E-state index contributed by atoms with van der Waals surface area (Å²) in [7, 11) is 0. The van der Waals surface area contributed by atoms with Crippen molar-refractivity contribution in [3.05, 3.63) is 97.9 Å². The van der Waals surface area contributed by atoms with Gasteiger partial charge in [0, 0.05) is 25.6 Å². The van der Waals surface area contributed by atoms with Gasteiger partial charge in [-0.25, -0.2) is 0 Å². The van der Waals surface area contributed by atoms with Gasteiger partial charge in [0.15, 0.2) is 0 Å². The van der Waals surface area contributed by atoms with Gasteiger partial charge in [0.1, 0.15) is 12.4 Å². The van der Waals surface area contributed by atoms with E-state index in [1.54, 1.807) is 12.1 Å². The summed E-state index contributed by atoms with van der Waals surface area (Å²) in [5.41, 5.74) is 2.94. The fourth-order valence-corrected chi connectivity index (χ4v) is 3.25. The second-order valence-electron chi connectivity index (χ2n) is 5.75. The Morgan fingerprint density at radius 1 is 1.04 bits per heavy atom. The summed E-state index contributed by atoms with van der Waals surface area (Å²) in [6.45, 7) is 0.396. The van der Waals surface area contributed by atoms with E-state index in [1.807, 2.05) is 60.7 Å². The molecule has 0 atom stereocenters. The van der Waals surface area contributed by atoms with E-state index < -0.39 is 0 Å². The summed E-state index contributed by atoms with van der Waals surface area (Å²) in [6.07, 6.45) is 1.78. The molecular weight excluding hydrogens is 445 g/mol. The van der Waals surface area contributed by atoms with Gasteiger partial charge in [0.25, 0.3) is 0 Å². The molecule has 3 aromatic carbocycles. The summed E-state index contributed by atoms with van der Waals surface area (Å²) in [5.74, 6) is 0.674. The van der Waals surface area contributed by atoms with Gasteiger partial charge in [0.05, 0.1) is 11.6 Å². The number of hydrogen-bond donors (Lipinski definition) is 0. The Balaban J connectivity index is 1.92. The fraction of sp³-hybridized carbons (Fsp3) is 0.0455. The van der Waals surface area contributed by atoms with E-state index in [1.165, 1.54) is 0 Å². The van der Waals surface area contributed by atoms with Crippen molar-refractivity contribution in [1.82, 2.24) is 0 Å². The van der Waals surface area contributed by atoms with Crippen LogP contribution in [-0.4, -0.2) is 0 Å². The van der Waals surface area contributed by atoms with E-state index in [4.69, 9.17) is 27.9 Å². The zero-order valence-corrected chi connectivity index (χ0v) is 17.2. The lowest BCUT2D eigenvalue weighted by atomic mass is 10.0. The van der Waals surface area contributed by atoms with Crippen LogP contribution in [0.1, 0.15) is 16.7 Å². The standard InChI is InChI=1S/C22H14BrCl2NO/c23-18-7-10-22(27-14-15-5-8-19(24)9-6-15)16(12-18)11-17(13-26)20-3-1-2-4-21(20)25/h1-12H,14H2. The maximum absolute atomic E-state index is 9.62. The van der Waals surface area contributed by atoms with Crippen LogP contribution >= 0.6 is 39.1 Å². The van der Waals surface area contributed by atoms with Crippen molar-refractivity contribution in [2.45, 2.75) is 6.61 Å². The molecule has 0 amide bonds. The monoisotopic (exact) mass is 457 g/mol. The molecule has 27 heavy (non-hydrogen) atoms. The first kappa shape index (κ1) is 19.5. The number of benzene rings is 3. The third-order valence-corrected chi connectivity index (χ3v) is 4.94. The van der Waals surface area contributed by atoms with Crippen LogP contribution in [0.2, 0.25) is 10.0 Å². The van der Waals surface area contributed by atoms with E-state index in [9.17, 15) is 5.26 Å². The Morgan fingerprint density at radius 2 is 1.78 bits per heavy atom. The number of rotatable bonds is 5. The van der Waals surface area contributed by atoms with Crippen molar-refractivity contribution >= 4 is 50.8 Å². The summed E-state index contributed by atoms with van der Waals surface area (Å²) in [4.78, 5) is 0. The summed E-state index contributed by atoms with van der Waals surface area (Å²) >= 11 is 15.6. The molecule has 0 bridgehead atoms. The second-order valence-corrected chi connectivity index (χ2v) is 7.51. The molecule has 0 saturated heterocycles. The Kier molecular flexibility index (Phi) is 6.58. The molecule has 0 aliphatic rings. The molecule has 0 N–H and O–H groups in total. The molecule has 0 heterocycles. The predicted octanol–water partition coefficient (Wildman–Crippen LogP) is 7.40. The molecule has 2 nitrogen and oxygen atoms in total. The highest BCUT2D eigenvalue weighted by Crippen LogP contribution is 2.30. The smallest absolute Gasteiger partial charge is 0.127 e. The van der Waals surface area contributed by atoms with Crippen molar-refractivity contribution in [2.24, 2.45) is 0 Å². The lowest BCUT2D eigenvalue weighted by Gasteiger charge is -2.11. The lowest BCUT2D eigenvalue weighted by Crippen LogP contribution is -1.97. The van der Waals surface area contributed by atoms with Crippen LogP contribution in [0.4, 0.5) is 0 Å². The summed E-state index contributed by atoms with van der Waals surface area (Å²) in [6, 6.07) is 22.7. The van der Waals surface area contributed by atoms with Crippen molar-refractivity contribution in [3.63, 3.8) is 0 Å². The lowest BCUT2D eigenvalue weighted by molar-refractivity contribution is 0.305. The summed E-state index contributed by atoms with van der Waals surface area (Å²) in [5, 5.41) is 10.8. The highest BCUT2D eigenvalue weighted by Gasteiger charge is 2.09. The second kappa shape index (κ2) is 9.10. The third-order valence-electron chi connectivity index (χ3n) is 3.86. The molecule has 3 aromatic rings. The van der Waals surface area contributed by atoms with Gasteiger partial charge in [-0.3, -0.25) is 0 Å². The van der Waals surface area contributed by atoms with Crippen LogP contribution in [-0.2, 0) is 6.61 Å². The number of halogens is 3. The number of nitrogens with zero attached hydrogens (tertiary/aromatic N) is 1. The van der Waals surface area contributed by atoms with Crippen molar-refractivity contribution in [1.29, 1.82) is 5.26 Å². The van der Waals surface area contributed by atoms with Crippen molar-refractivity contribution in [3.8, 4) is 11.8 Å². The van der Waals surface area contributed by atoms with Gasteiger partial charge in [-0.05, 0) is 48.0 Å². The van der Waals surface area contributed by atoms with E-state index in [0.717, 1.165) is 15.6 Å². The molecule has 0 unspecified atom stereocenters. The molecule has 0 spiro atoms. The number of hydrogen-bond acceptors (Lipinski definition) is 2. The van der Waals surface area contributed by atoms with Crippen molar-refractivity contribution < 1.29 is 4.74 Å². The van der Waals surface area contributed by atoms with Crippen LogP contribution in [0, 0.1) is 11.3 Å². The summed E-state index contributed by atoms with van der Waals surface area (Å²) < 4.78 is 6.87. The quantitative estimate of drug-likeness (QED) is 0.294. The average Bonchev–Trinajstić information content (AvgIpc) is 2.67. The molecule has 0 aromatic heterocycles. The maximum Gasteiger partial charge on any atom is 0.127 e. The van der Waals surface area contributed by atoms with Gasteiger partial charge in [0.2, 0.25) is 0 Å². The number of allylic oxidation sites excluding steroid dienone is 1. The van der Waals surface area contributed by atoms with Crippen LogP contribution < -0.4 is 4.74 Å². The SMILES string of the molecule is N#CC(=Cc1cc(Br)ccc1OCc1ccc(Cl)cc1)c1ccccc1Cl. The Bertz CT molecular complexity index is 1020. The molecule has 134 valence electrons. The molecule has 0 fully saturated rings. The predicted molar refractivity (Wildman–Crippen MR) is 115 cm³/mol. The first-order valence-corrected chi connectivity index (χ1v) is 9.65. The first-order valence-electron chi connectivity index (χ1n) is 8.10.